The van der Waals surface area contributed by atoms with Crippen LogP contribution in [0.2, 0.25) is 0 Å². The first-order valence-electron chi connectivity index (χ1n) is 16.7. The second-order valence-corrected chi connectivity index (χ2v) is 14.0. The zero-order valence-corrected chi connectivity index (χ0v) is 28.0. The summed E-state index contributed by atoms with van der Waals surface area (Å²) in [5.41, 5.74) is 8.67. The molecule has 238 valence electrons. The summed E-state index contributed by atoms with van der Waals surface area (Å²) in [5, 5.41) is 8.27. The minimum absolute atomic E-state index is 0.417. The number of hydrogen-bond acceptors (Lipinski definition) is 2. The van der Waals surface area contributed by atoms with E-state index in [2.05, 4.69) is 96.5 Å². The zero-order valence-electron chi connectivity index (χ0n) is 27.2. The molecule has 0 bridgehead atoms. The molecule has 0 unspecified atom stereocenters. The average Bonchev–Trinajstić information content (AvgIpc) is 3.94. The van der Waals surface area contributed by atoms with Gasteiger partial charge in [-0.3, -0.25) is 0 Å². The molecule has 0 atom stereocenters. The molecule has 11 aromatic rings. The first-order valence-corrected chi connectivity index (χ1v) is 17.5. The zero-order chi connectivity index (χ0) is 34.7. The number of aromatic nitrogens is 2. The number of fused-ring (bicyclic) bond motifs is 13. The Morgan fingerprint density at radius 3 is 1.79 bits per heavy atom. The molecular formula is C45H21N5OS. The van der Waals surface area contributed by atoms with Crippen LogP contribution in [0.25, 0.3) is 112 Å². The Kier molecular flexibility index (Phi) is 5.65. The standard InChI is InChI=1S/C45H21N5OS/c1-46-25-15-18-38-31(21-25)28-9-4-6-13-36(28)49(38)26-16-19-40-32(22-26)33-23-27(17-20-41(33)52-40)50-37-14-7-5-10-29(37)42-39(50)24-35(48-3)45-43(42)30-11-8-12-34(47-2)44(30)51-45/h4-24H. The first kappa shape index (κ1) is 28.5. The van der Waals surface area contributed by atoms with E-state index in [1.165, 1.54) is 14.8 Å². The third-order valence-electron chi connectivity index (χ3n) is 10.3. The third kappa shape index (κ3) is 3.68. The summed E-state index contributed by atoms with van der Waals surface area (Å²) in [4.78, 5) is 11.3. The number of hydrogen-bond donors (Lipinski definition) is 0. The maximum absolute atomic E-state index is 8.14. The molecule has 7 aromatic carbocycles. The summed E-state index contributed by atoms with van der Waals surface area (Å²) in [6.45, 7) is 23.5. The average molecular weight is 680 g/mol. The van der Waals surface area contributed by atoms with Crippen LogP contribution in [0.1, 0.15) is 0 Å². The van der Waals surface area contributed by atoms with Crippen LogP contribution in [-0.2, 0) is 0 Å². The summed E-state index contributed by atoms with van der Waals surface area (Å²) in [7, 11) is 0. The van der Waals surface area contributed by atoms with Crippen molar-refractivity contribution in [3.63, 3.8) is 0 Å². The van der Waals surface area contributed by atoms with Crippen molar-refractivity contribution in [2.45, 2.75) is 0 Å². The fourth-order valence-corrected chi connectivity index (χ4v) is 9.24. The Balaban J connectivity index is 1.19. The molecule has 0 spiro atoms. The molecule has 0 saturated carbocycles. The van der Waals surface area contributed by atoms with Crippen molar-refractivity contribution in [2.75, 3.05) is 0 Å². The first-order chi connectivity index (χ1) is 25.6. The van der Waals surface area contributed by atoms with Gasteiger partial charge in [0.2, 0.25) is 11.4 Å². The number of thiophene rings is 1. The van der Waals surface area contributed by atoms with Crippen LogP contribution in [0.4, 0.5) is 17.1 Å². The van der Waals surface area contributed by atoms with E-state index in [0.717, 1.165) is 71.1 Å². The lowest BCUT2D eigenvalue weighted by Crippen LogP contribution is -1.94. The predicted octanol–water partition coefficient (Wildman–Crippen LogP) is 13.8. The highest BCUT2D eigenvalue weighted by atomic mass is 32.1. The van der Waals surface area contributed by atoms with Crippen molar-refractivity contribution in [3.8, 4) is 11.4 Å². The number of nitrogens with zero attached hydrogens (tertiary/aromatic N) is 5. The fraction of sp³-hybridized carbons (Fsp3) is 0. The van der Waals surface area contributed by atoms with Crippen LogP contribution in [0.3, 0.4) is 0 Å². The maximum Gasteiger partial charge on any atom is 0.231 e. The lowest BCUT2D eigenvalue weighted by atomic mass is 10.0. The minimum atomic E-state index is 0.417. The van der Waals surface area contributed by atoms with Crippen LogP contribution in [0, 0.1) is 19.7 Å². The molecule has 11 rings (SSSR count). The molecule has 0 amide bonds. The topological polar surface area (TPSA) is 36.1 Å². The minimum Gasteiger partial charge on any atom is -0.478 e. The molecule has 0 aliphatic heterocycles. The van der Waals surface area contributed by atoms with E-state index in [1.807, 2.05) is 48.5 Å². The second-order valence-electron chi connectivity index (χ2n) is 13.0. The molecule has 0 aliphatic rings. The highest BCUT2D eigenvalue weighted by Gasteiger charge is 2.23. The molecule has 52 heavy (non-hydrogen) atoms. The van der Waals surface area contributed by atoms with Crippen molar-refractivity contribution >= 4 is 114 Å². The summed E-state index contributed by atoms with van der Waals surface area (Å²) in [6, 6.07) is 43.5. The Morgan fingerprint density at radius 1 is 0.442 bits per heavy atom. The number of para-hydroxylation sites is 3. The van der Waals surface area contributed by atoms with E-state index < -0.39 is 0 Å². The highest BCUT2D eigenvalue weighted by Crippen LogP contribution is 2.47. The molecule has 0 saturated heterocycles. The summed E-state index contributed by atoms with van der Waals surface area (Å²) in [6.07, 6.45) is 0. The lowest BCUT2D eigenvalue weighted by molar-refractivity contribution is 0.673. The van der Waals surface area contributed by atoms with Crippen molar-refractivity contribution in [1.29, 1.82) is 0 Å². The van der Waals surface area contributed by atoms with Gasteiger partial charge in [0.1, 0.15) is 11.2 Å². The van der Waals surface area contributed by atoms with E-state index in [9.17, 15) is 0 Å². The lowest BCUT2D eigenvalue weighted by Gasteiger charge is -2.10. The van der Waals surface area contributed by atoms with Gasteiger partial charge in [-0.2, -0.15) is 0 Å². The van der Waals surface area contributed by atoms with Gasteiger partial charge in [-0.15, -0.1) is 11.3 Å². The number of furan rings is 1. The number of rotatable bonds is 2. The van der Waals surface area contributed by atoms with Crippen molar-refractivity contribution in [1.82, 2.24) is 9.13 Å². The Hall–Kier alpha value is -7.37. The van der Waals surface area contributed by atoms with Crippen LogP contribution in [0.5, 0.6) is 0 Å². The molecule has 6 nitrogen and oxygen atoms in total. The van der Waals surface area contributed by atoms with Gasteiger partial charge in [0.05, 0.1) is 36.3 Å². The Morgan fingerprint density at radius 2 is 1.08 bits per heavy atom. The van der Waals surface area contributed by atoms with Gasteiger partial charge in [0, 0.05) is 64.0 Å². The van der Waals surface area contributed by atoms with Gasteiger partial charge in [-0.05, 0) is 72.1 Å². The summed E-state index contributed by atoms with van der Waals surface area (Å²) in [5.74, 6) is 0. The molecule has 0 fully saturated rings. The molecule has 4 heterocycles. The van der Waals surface area contributed by atoms with Crippen LogP contribution in [0.15, 0.2) is 132 Å². The van der Waals surface area contributed by atoms with Crippen molar-refractivity contribution in [2.24, 2.45) is 0 Å². The largest absolute Gasteiger partial charge is 0.478 e. The molecule has 7 heteroatoms. The van der Waals surface area contributed by atoms with Gasteiger partial charge >= 0.3 is 0 Å². The second kappa shape index (κ2) is 10.3. The molecule has 0 N–H and O–H groups in total. The Bertz CT molecular complexity index is 3520. The van der Waals surface area contributed by atoms with E-state index >= 15 is 0 Å². The predicted molar refractivity (Wildman–Crippen MR) is 214 cm³/mol. The van der Waals surface area contributed by atoms with Crippen molar-refractivity contribution in [3.05, 3.63) is 162 Å². The summed E-state index contributed by atoms with van der Waals surface area (Å²) >= 11 is 1.78. The van der Waals surface area contributed by atoms with Crippen LogP contribution < -0.4 is 0 Å². The number of benzene rings is 7. The quantitative estimate of drug-likeness (QED) is 0.168. The molecular weight excluding hydrogens is 659 g/mol. The van der Waals surface area contributed by atoms with Gasteiger partial charge in [-0.25, -0.2) is 14.5 Å². The monoisotopic (exact) mass is 679 g/mol. The normalized spacial score (nSPS) is 11.8. The van der Waals surface area contributed by atoms with Crippen LogP contribution >= 0.6 is 11.3 Å². The van der Waals surface area contributed by atoms with E-state index in [-0.39, 0.29) is 0 Å². The van der Waals surface area contributed by atoms with Gasteiger partial charge in [-0.1, -0.05) is 60.7 Å². The maximum atomic E-state index is 8.14. The van der Waals surface area contributed by atoms with E-state index in [0.29, 0.717) is 28.2 Å². The van der Waals surface area contributed by atoms with E-state index in [1.54, 1.807) is 17.4 Å². The SMILES string of the molecule is [C-]#[N+]c1ccc2c(c1)c1ccccc1n2-c1ccc2sc3ccc(-n4c5ccccc5c5c6c(oc7c([N+]#[C-])cccc76)c([N+]#[C-])cc54)cc3c2c1. The smallest absolute Gasteiger partial charge is 0.231 e. The van der Waals surface area contributed by atoms with Crippen LogP contribution in [-0.4, -0.2) is 9.13 Å². The van der Waals surface area contributed by atoms with E-state index in [4.69, 9.17) is 24.1 Å². The Labute approximate surface area is 299 Å². The summed E-state index contributed by atoms with van der Waals surface area (Å²) < 4.78 is 13.3. The third-order valence-corrected chi connectivity index (χ3v) is 11.5. The van der Waals surface area contributed by atoms with Gasteiger partial charge in [0.15, 0.2) is 5.69 Å². The fourth-order valence-electron chi connectivity index (χ4n) is 8.18. The molecule has 0 aliphatic carbocycles. The van der Waals surface area contributed by atoms with Gasteiger partial charge < -0.3 is 13.6 Å². The van der Waals surface area contributed by atoms with Crippen molar-refractivity contribution < 1.29 is 4.42 Å². The molecule has 0 radical (unpaired) electrons. The molecule has 4 aromatic heterocycles. The van der Waals surface area contributed by atoms with Gasteiger partial charge in [0.25, 0.3) is 0 Å². The highest BCUT2D eigenvalue weighted by molar-refractivity contribution is 7.25.